The van der Waals surface area contributed by atoms with Crippen LogP contribution in [0.5, 0.6) is 0 Å². The van der Waals surface area contributed by atoms with Gasteiger partial charge in [-0.25, -0.2) is 5.43 Å². The monoisotopic (exact) mass is 466 g/mol. The Hall–Kier alpha value is -3.26. The third kappa shape index (κ3) is 4.04. The van der Waals surface area contributed by atoms with E-state index in [1.807, 2.05) is 25.1 Å². The van der Waals surface area contributed by atoms with Crippen molar-refractivity contribution in [3.05, 3.63) is 81.5 Å². The summed E-state index contributed by atoms with van der Waals surface area (Å²) < 4.78 is 6.68. The number of rotatable bonds is 4. The fraction of sp³-hybridized carbons (Fsp3) is 0.182. The number of halogens is 1. The molecule has 2 amide bonds. The van der Waals surface area contributed by atoms with Crippen molar-refractivity contribution in [3.8, 4) is 0 Å². The average Bonchev–Trinajstić information content (AvgIpc) is 3.11. The van der Waals surface area contributed by atoms with Gasteiger partial charge < -0.3 is 9.73 Å². The van der Waals surface area contributed by atoms with E-state index in [4.69, 9.17) is 4.42 Å². The van der Waals surface area contributed by atoms with Gasteiger partial charge in [0, 0.05) is 28.2 Å². The molecule has 0 saturated carbocycles. The Kier molecular flexibility index (Phi) is 5.76. The first-order valence-corrected chi connectivity index (χ1v) is 10.3. The van der Waals surface area contributed by atoms with Gasteiger partial charge in [0.1, 0.15) is 11.5 Å². The molecular formula is C22H19BrN4O3. The highest BCUT2D eigenvalue weighted by atomic mass is 79.9. The molecule has 0 fully saturated rings. The Morgan fingerprint density at radius 2 is 1.90 bits per heavy atom. The largest absolute Gasteiger partial charge is 0.455 e. The smallest absolute Gasteiger partial charge is 0.291 e. The van der Waals surface area contributed by atoms with Crippen LogP contribution in [0.3, 0.4) is 0 Å². The van der Waals surface area contributed by atoms with Crippen LogP contribution in [0, 0.1) is 6.92 Å². The number of furan rings is 1. The second-order valence-corrected chi connectivity index (χ2v) is 7.71. The summed E-state index contributed by atoms with van der Waals surface area (Å²) in [6, 6.07) is 12.5. The number of amides is 2. The van der Waals surface area contributed by atoms with E-state index in [2.05, 4.69) is 36.8 Å². The minimum Gasteiger partial charge on any atom is -0.455 e. The van der Waals surface area contributed by atoms with E-state index in [9.17, 15) is 9.59 Å². The maximum Gasteiger partial charge on any atom is 0.291 e. The zero-order valence-corrected chi connectivity index (χ0v) is 17.8. The predicted octanol–water partition coefficient (Wildman–Crippen LogP) is 4.47. The number of aryl methyl sites for hydroxylation is 1. The van der Waals surface area contributed by atoms with Gasteiger partial charge in [-0.3, -0.25) is 14.6 Å². The molecule has 4 rings (SSSR count). The highest BCUT2D eigenvalue weighted by Gasteiger charge is 2.28. The number of pyridine rings is 1. The van der Waals surface area contributed by atoms with Crippen molar-refractivity contribution < 1.29 is 14.0 Å². The van der Waals surface area contributed by atoms with Crippen LogP contribution >= 0.6 is 15.9 Å². The Morgan fingerprint density at radius 1 is 1.10 bits per heavy atom. The third-order valence-electron chi connectivity index (χ3n) is 4.84. The van der Waals surface area contributed by atoms with Gasteiger partial charge in [0.25, 0.3) is 11.8 Å². The number of benzene rings is 1. The van der Waals surface area contributed by atoms with E-state index >= 15 is 0 Å². The number of anilines is 1. The van der Waals surface area contributed by atoms with E-state index in [-0.39, 0.29) is 23.3 Å². The number of para-hydroxylation sites is 1. The fourth-order valence-corrected chi connectivity index (χ4v) is 3.79. The summed E-state index contributed by atoms with van der Waals surface area (Å²) in [6.45, 7) is 1.83. The molecule has 30 heavy (non-hydrogen) atoms. The summed E-state index contributed by atoms with van der Waals surface area (Å²) in [6.07, 6.45) is 3.77. The summed E-state index contributed by atoms with van der Waals surface area (Å²) in [5.41, 5.74) is 5.70. The van der Waals surface area contributed by atoms with E-state index in [1.54, 1.807) is 30.5 Å². The molecule has 0 radical (unpaired) electrons. The van der Waals surface area contributed by atoms with Gasteiger partial charge in [-0.1, -0.05) is 18.2 Å². The predicted molar refractivity (Wildman–Crippen MR) is 117 cm³/mol. The van der Waals surface area contributed by atoms with E-state index < -0.39 is 0 Å². The Labute approximate surface area is 181 Å². The molecule has 1 aliphatic rings. The van der Waals surface area contributed by atoms with Crippen molar-refractivity contribution >= 4 is 39.1 Å². The van der Waals surface area contributed by atoms with E-state index in [0.717, 1.165) is 16.5 Å². The van der Waals surface area contributed by atoms with Crippen LogP contribution in [0.25, 0.3) is 0 Å². The molecule has 2 aromatic heterocycles. The summed E-state index contributed by atoms with van der Waals surface area (Å²) in [5, 5.41) is 7.18. The minimum atomic E-state index is -0.386. The molecule has 0 spiro atoms. The number of carbonyl (C=O) groups excluding carboxylic acids is 2. The van der Waals surface area contributed by atoms with Crippen molar-refractivity contribution in [2.45, 2.75) is 26.2 Å². The SMILES string of the molecule is Cc1c(C(=O)Nc2ccccc2Br)oc2c1/C(=N/NC(=O)c1ccccn1)CCC2. The molecule has 1 aliphatic carbocycles. The molecule has 2 N–H and O–H groups in total. The maximum absolute atomic E-state index is 12.8. The Bertz CT molecular complexity index is 1140. The van der Waals surface area contributed by atoms with Crippen LogP contribution in [-0.2, 0) is 6.42 Å². The standard InChI is InChI=1S/C22H19BrN4O3/c1-13-19-16(26-27-21(28)17-9-4-5-12-24-17)10-6-11-18(19)30-20(13)22(29)25-15-8-3-2-7-14(15)23/h2-5,7-9,12H,6,10-11H2,1H3,(H,25,29)(H,27,28)/b26-16+. The van der Waals surface area contributed by atoms with Crippen LogP contribution < -0.4 is 10.7 Å². The second kappa shape index (κ2) is 8.62. The lowest BCUT2D eigenvalue weighted by atomic mass is 9.93. The lowest BCUT2D eigenvalue weighted by Crippen LogP contribution is -2.22. The summed E-state index contributed by atoms with van der Waals surface area (Å²) in [5.74, 6) is 0.247. The highest BCUT2D eigenvalue weighted by molar-refractivity contribution is 9.10. The molecule has 3 aromatic rings. The molecule has 7 nitrogen and oxygen atoms in total. The van der Waals surface area contributed by atoms with Crippen LogP contribution in [0.4, 0.5) is 5.69 Å². The number of hydrogen-bond donors (Lipinski definition) is 2. The molecule has 1 aromatic carbocycles. The Morgan fingerprint density at radius 3 is 2.67 bits per heavy atom. The number of hydrazone groups is 1. The zero-order valence-electron chi connectivity index (χ0n) is 16.2. The van der Waals surface area contributed by atoms with Crippen LogP contribution in [0.2, 0.25) is 0 Å². The molecule has 0 atom stereocenters. The van der Waals surface area contributed by atoms with Crippen molar-refractivity contribution in [2.75, 3.05) is 5.32 Å². The van der Waals surface area contributed by atoms with E-state index in [1.165, 1.54) is 0 Å². The summed E-state index contributed by atoms with van der Waals surface area (Å²) >= 11 is 3.43. The first-order valence-electron chi connectivity index (χ1n) is 9.51. The molecule has 2 heterocycles. The molecule has 0 saturated heterocycles. The maximum atomic E-state index is 12.8. The van der Waals surface area contributed by atoms with Gasteiger partial charge in [0.2, 0.25) is 0 Å². The quantitative estimate of drug-likeness (QED) is 0.554. The molecule has 0 aliphatic heterocycles. The Balaban J connectivity index is 1.58. The number of carbonyl (C=O) groups is 2. The van der Waals surface area contributed by atoms with Crippen LogP contribution in [0.15, 0.2) is 62.7 Å². The molecular weight excluding hydrogens is 448 g/mol. The van der Waals surface area contributed by atoms with Crippen molar-refractivity contribution in [1.82, 2.24) is 10.4 Å². The van der Waals surface area contributed by atoms with Crippen molar-refractivity contribution in [1.29, 1.82) is 0 Å². The van der Waals surface area contributed by atoms with Gasteiger partial charge >= 0.3 is 0 Å². The number of hydrogen-bond acceptors (Lipinski definition) is 5. The molecule has 0 unspecified atom stereocenters. The lowest BCUT2D eigenvalue weighted by molar-refractivity contribution is 0.0948. The highest BCUT2D eigenvalue weighted by Crippen LogP contribution is 2.31. The third-order valence-corrected chi connectivity index (χ3v) is 5.54. The first kappa shape index (κ1) is 20.0. The van der Waals surface area contributed by atoms with Crippen molar-refractivity contribution in [3.63, 3.8) is 0 Å². The van der Waals surface area contributed by atoms with Gasteiger partial charge in [-0.05, 0) is 60.0 Å². The van der Waals surface area contributed by atoms with E-state index in [0.29, 0.717) is 35.6 Å². The summed E-state index contributed by atoms with van der Waals surface area (Å²) in [7, 11) is 0. The number of nitrogens with one attached hydrogen (secondary N) is 2. The van der Waals surface area contributed by atoms with Crippen LogP contribution in [0.1, 0.15) is 50.8 Å². The fourth-order valence-electron chi connectivity index (χ4n) is 3.41. The average molecular weight is 467 g/mol. The van der Waals surface area contributed by atoms with Gasteiger partial charge in [-0.15, -0.1) is 0 Å². The minimum absolute atomic E-state index is 0.251. The molecule has 8 heteroatoms. The summed E-state index contributed by atoms with van der Waals surface area (Å²) in [4.78, 5) is 29.1. The van der Waals surface area contributed by atoms with Crippen LogP contribution in [-0.4, -0.2) is 22.5 Å². The topological polar surface area (TPSA) is 96.6 Å². The normalized spacial score (nSPS) is 14.3. The van der Waals surface area contributed by atoms with Gasteiger partial charge in [0.05, 0.1) is 11.4 Å². The second-order valence-electron chi connectivity index (χ2n) is 6.86. The lowest BCUT2D eigenvalue weighted by Gasteiger charge is -2.13. The molecule has 0 bridgehead atoms. The van der Waals surface area contributed by atoms with Gasteiger partial charge in [-0.2, -0.15) is 5.10 Å². The number of fused-ring (bicyclic) bond motifs is 1. The van der Waals surface area contributed by atoms with Crippen molar-refractivity contribution in [2.24, 2.45) is 5.10 Å². The first-order chi connectivity index (χ1) is 14.5. The number of aromatic nitrogens is 1. The van der Waals surface area contributed by atoms with Gasteiger partial charge in [0.15, 0.2) is 5.76 Å². The number of nitrogens with zero attached hydrogens (tertiary/aromatic N) is 2. The molecule has 152 valence electrons. The zero-order chi connectivity index (χ0) is 21.1.